The molecule has 8 heteroatoms. The van der Waals surface area contributed by atoms with Crippen molar-refractivity contribution in [3.63, 3.8) is 0 Å². The molecule has 0 bridgehead atoms. The Labute approximate surface area is 152 Å². The average Bonchev–Trinajstić information content (AvgIpc) is 3.11. The van der Waals surface area contributed by atoms with Gasteiger partial charge < -0.3 is 14.8 Å². The summed E-state index contributed by atoms with van der Waals surface area (Å²) in [6.45, 7) is 6.83. The Balaban J connectivity index is 2.02. The molecule has 1 unspecified atom stereocenters. The largest absolute Gasteiger partial charge is 0.494 e. The Morgan fingerprint density at radius 2 is 2.08 bits per heavy atom. The number of hydrogen-bond acceptors (Lipinski definition) is 7. The fourth-order valence-corrected chi connectivity index (χ4v) is 2.85. The second kappa shape index (κ2) is 7.99. The van der Waals surface area contributed by atoms with Crippen molar-refractivity contribution >= 4 is 11.9 Å². The topological polar surface area (TPSA) is 91.2 Å². The van der Waals surface area contributed by atoms with Crippen molar-refractivity contribution in [1.29, 1.82) is 0 Å². The van der Waals surface area contributed by atoms with Crippen molar-refractivity contribution in [2.75, 3.05) is 18.5 Å². The minimum atomic E-state index is -0.476. The number of nitrogens with zero attached hydrogens (tertiary/aromatic N) is 4. The molecular formula is C18H23N5O3. The average molecular weight is 357 g/mol. The van der Waals surface area contributed by atoms with Crippen molar-refractivity contribution in [3.8, 4) is 5.75 Å². The second-order valence-electron chi connectivity index (χ2n) is 6.07. The van der Waals surface area contributed by atoms with Gasteiger partial charge in [0.1, 0.15) is 11.8 Å². The normalized spacial score (nSPS) is 16.0. The van der Waals surface area contributed by atoms with E-state index in [2.05, 4.69) is 27.8 Å². The molecule has 26 heavy (non-hydrogen) atoms. The van der Waals surface area contributed by atoms with Crippen LogP contribution in [0.4, 0.5) is 5.95 Å². The number of carbonyl (C=O) groups excluding carboxylic acids is 1. The molecule has 1 N–H and O–H groups in total. The van der Waals surface area contributed by atoms with Gasteiger partial charge in [0.25, 0.3) is 0 Å². The van der Waals surface area contributed by atoms with Gasteiger partial charge in [0, 0.05) is 5.70 Å². The lowest BCUT2D eigenvalue weighted by molar-refractivity contribution is -0.139. The van der Waals surface area contributed by atoms with Crippen LogP contribution in [0.3, 0.4) is 0 Å². The summed E-state index contributed by atoms with van der Waals surface area (Å²) < 4.78 is 12.7. The molecule has 0 radical (unpaired) electrons. The van der Waals surface area contributed by atoms with Crippen molar-refractivity contribution in [2.24, 2.45) is 0 Å². The van der Waals surface area contributed by atoms with Crippen LogP contribution >= 0.6 is 0 Å². The van der Waals surface area contributed by atoms with Crippen LogP contribution in [0.5, 0.6) is 5.75 Å². The van der Waals surface area contributed by atoms with Gasteiger partial charge in [-0.3, -0.25) is 0 Å². The van der Waals surface area contributed by atoms with Crippen LogP contribution in [0, 0.1) is 0 Å². The molecule has 0 saturated carbocycles. The predicted molar refractivity (Wildman–Crippen MR) is 95.8 cm³/mol. The van der Waals surface area contributed by atoms with Crippen LogP contribution in [0.1, 0.15) is 45.2 Å². The number of esters is 1. The van der Waals surface area contributed by atoms with Crippen LogP contribution in [0.25, 0.3) is 0 Å². The number of fused-ring (bicyclic) bond motifs is 1. The molecule has 0 aliphatic carbocycles. The molecule has 0 spiro atoms. The number of rotatable bonds is 7. The molecule has 0 amide bonds. The SMILES string of the molecule is CCCOC(=O)C1=C(C)Nc2nnnn2C1c1cccc(OCCC)c1. The second-order valence-corrected chi connectivity index (χ2v) is 6.07. The van der Waals surface area contributed by atoms with E-state index in [-0.39, 0.29) is 5.97 Å². The van der Waals surface area contributed by atoms with Crippen LogP contribution in [0.15, 0.2) is 35.5 Å². The maximum atomic E-state index is 12.7. The van der Waals surface area contributed by atoms with E-state index in [1.165, 1.54) is 0 Å². The van der Waals surface area contributed by atoms with Crippen LogP contribution in [0.2, 0.25) is 0 Å². The zero-order chi connectivity index (χ0) is 18.5. The fourth-order valence-electron chi connectivity index (χ4n) is 2.85. The molecule has 1 aromatic carbocycles. The summed E-state index contributed by atoms with van der Waals surface area (Å²) in [6.07, 6.45) is 1.68. The number of ether oxygens (including phenoxy) is 2. The maximum Gasteiger partial charge on any atom is 0.338 e. The summed E-state index contributed by atoms with van der Waals surface area (Å²) in [4.78, 5) is 12.7. The summed E-state index contributed by atoms with van der Waals surface area (Å²) in [6, 6.07) is 7.16. The highest BCUT2D eigenvalue weighted by Crippen LogP contribution is 2.36. The molecule has 2 aromatic rings. The Kier molecular flexibility index (Phi) is 5.50. The van der Waals surface area contributed by atoms with Gasteiger partial charge in [-0.25, -0.2) is 4.79 Å². The van der Waals surface area contributed by atoms with E-state index >= 15 is 0 Å². The molecule has 2 heterocycles. The summed E-state index contributed by atoms with van der Waals surface area (Å²) >= 11 is 0. The van der Waals surface area contributed by atoms with Crippen molar-refractivity contribution in [1.82, 2.24) is 20.2 Å². The Bertz CT molecular complexity index is 815. The van der Waals surface area contributed by atoms with Crippen LogP contribution in [-0.4, -0.2) is 39.4 Å². The third kappa shape index (κ3) is 3.54. The van der Waals surface area contributed by atoms with Gasteiger partial charge in [0.15, 0.2) is 0 Å². The number of carbonyl (C=O) groups is 1. The summed E-state index contributed by atoms with van der Waals surface area (Å²) in [7, 11) is 0. The first-order valence-electron chi connectivity index (χ1n) is 8.81. The minimum Gasteiger partial charge on any atom is -0.494 e. The lowest BCUT2D eigenvalue weighted by atomic mass is 9.95. The fraction of sp³-hybridized carbons (Fsp3) is 0.444. The Morgan fingerprint density at radius 3 is 2.85 bits per heavy atom. The first kappa shape index (κ1) is 17.9. The number of anilines is 1. The van der Waals surface area contributed by atoms with Crippen molar-refractivity contribution < 1.29 is 14.3 Å². The predicted octanol–water partition coefficient (Wildman–Crippen LogP) is 2.70. The minimum absolute atomic E-state index is 0.366. The Morgan fingerprint density at radius 1 is 1.27 bits per heavy atom. The zero-order valence-corrected chi connectivity index (χ0v) is 15.2. The van der Waals surface area contributed by atoms with E-state index in [1.54, 1.807) is 4.68 Å². The van der Waals surface area contributed by atoms with E-state index in [1.807, 2.05) is 38.1 Å². The van der Waals surface area contributed by atoms with Crippen molar-refractivity contribution in [2.45, 2.75) is 39.7 Å². The van der Waals surface area contributed by atoms with Gasteiger partial charge in [0.2, 0.25) is 5.95 Å². The Hall–Kier alpha value is -2.90. The number of aromatic nitrogens is 4. The van der Waals surface area contributed by atoms with Crippen LogP contribution < -0.4 is 10.1 Å². The number of benzene rings is 1. The van der Waals surface area contributed by atoms with Gasteiger partial charge in [-0.2, -0.15) is 4.68 Å². The molecule has 1 aliphatic heterocycles. The zero-order valence-electron chi connectivity index (χ0n) is 15.2. The lowest BCUT2D eigenvalue weighted by Crippen LogP contribution is -2.29. The van der Waals surface area contributed by atoms with E-state index in [0.717, 1.165) is 24.2 Å². The summed E-state index contributed by atoms with van der Waals surface area (Å²) in [5, 5.41) is 14.9. The highest BCUT2D eigenvalue weighted by molar-refractivity contribution is 5.92. The van der Waals surface area contributed by atoms with Gasteiger partial charge in [-0.1, -0.05) is 31.1 Å². The van der Waals surface area contributed by atoms with Gasteiger partial charge >= 0.3 is 5.97 Å². The van der Waals surface area contributed by atoms with E-state index in [9.17, 15) is 4.79 Å². The first-order chi connectivity index (χ1) is 12.7. The molecular weight excluding hydrogens is 334 g/mol. The molecule has 1 aromatic heterocycles. The highest BCUT2D eigenvalue weighted by atomic mass is 16.5. The van der Waals surface area contributed by atoms with E-state index in [0.29, 0.717) is 30.4 Å². The van der Waals surface area contributed by atoms with Crippen molar-refractivity contribution in [3.05, 3.63) is 41.1 Å². The highest BCUT2D eigenvalue weighted by Gasteiger charge is 2.35. The van der Waals surface area contributed by atoms with E-state index in [4.69, 9.17) is 9.47 Å². The number of nitrogens with one attached hydrogen (secondary N) is 1. The molecule has 8 nitrogen and oxygen atoms in total. The maximum absolute atomic E-state index is 12.7. The summed E-state index contributed by atoms with van der Waals surface area (Å²) in [5.74, 6) is 0.860. The summed E-state index contributed by atoms with van der Waals surface area (Å²) in [5.41, 5.74) is 2.03. The third-order valence-electron chi connectivity index (χ3n) is 4.02. The van der Waals surface area contributed by atoms with Gasteiger partial charge in [0.05, 0.1) is 18.8 Å². The van der Waals surface area contributed by atoms with Gasteiger partial charge in [-0.15, -0.1) is 0 Å². The number of allylic oxidation sites excluding steroid dienone is 1. The number of hydrogen-bond donors (Lipinski definition) is 1. The third-order valence-corrected chi connectivity index (χ3v) is 4.02. The smallest absolute Gasteiger partial charge is 0.338 e. The molecule has 3 rings (SSSR count). The standard InChI is InChI=1S/C18H23N5O3/c1-4-9-25-14-8-6-7-13(11-14)16-15(17(24)26-10-5-2)12(3)19-18-20-21-22-23(16)18/h6-8,11,16H,4-5,9-10H2,1-3H3,(H,19,20,22). The molecule has 138 valence electrons. The molecule has 1 atom stereocenters. The number of tetrazole rings is 1. The molecule has 0 fully saturated rings. The molecule has 0 saturated heterocycles. The van der Waals surface area contributed by atoms with Crippen LogP contribution in [-0.2, 0) is 9.53 Å². The lowest BCUT2D eigenvalue weighted by Gasteiger charge is -2.27. The molecule has 1 aliphatic rings. The van der Waals surface area contributed by atoms with Gasteiger partial charge in [-0.05, 0) is 47.9 Å². The quantitative estimate of drug-likeness (QED) is 0.762. The first-order valence-corrected chi connectivity index (χ1v) is 8.81. The van der Waals surface area contributed by atoms with E-state index < -0.39 is 6.04 Å². The monoisotopic (exact) mass is 357 g/mol.